The summed E-state index contributed by atoms with van der Waals surface area (Å²) in [6.07, 6.45) is -1.32. The van der Waals surface area contributed by atoms with Crippen LogP contribution in [0.4, 0.5) is 0 Å². The monoisotopic (exact) mass is 470 g/mol. The van der Waals surface area contributed by atoms with Crippen molar-refractivity contribution in [1.82, 2.24) is 0 Å². The molecule has 0 heterocycles. The van der Waals surface area contributed by atoms with Gasteiger partial charge < -0.3 is 24.1 Å². The normalized spacial score (nSPS) is 13.0. The van der Waals surface area contributed by atoms with E-state index in [1.807, 2.05) is 26.0 Å². The van der Waals surface area contributed by atoms with Crippen molar-refractivity contribution in [3.8, 4) is 11.5 Å². The lowest BCUT2D eigenvalue weighted by molar-refractivity contribution is -0.159. The van der Waals surface area contributed by atoms with E-state index in [2.05, 4.69) is 0 Å². The molecule has 0 aliphatic heterocycles. The molecule has 1 N–H and O–H groups in total. The Labute approximate surface area is 193 Å². The summed E-state index contributed by atoms with van der Waals surface area (Å²) in [7, 11) is 0. The molecule has 6 nitrogen and oxygen atoms in total. The van der Waals surface area contributed by atoms with E-state index >= 15 is 0 Å². The maximum absolute atomic E-state index is 12.2. The van der Waals surface area contributed by atoms with Crippen LogP contribution in [0, 0.1) is 0 Å². The Balaban J connectivity index is 1.89. The molecule has 0 spiro atoms. The van der Waals surface area contributed by atoms with Gasteiger partial charge in [0.25, 0.3) is 0 Å². The summed E-state index contributed by atoms with van der Waals surface area (Å²) < 4.78 is 22.0. The van der Waals surface area contributed by atoms with Gasteiger partial charge in [0, 0.05) is 11.4 Å². The van der Waals surface area contributed by atoms with Crippen LogP contribution in [-0.4, -0.2) is 49.2 Å². The highest BCUT2D eigenvalue weighted by atomic mass is 35.5. The first-order chi connectivity index (χ1) is 14.8. The highest BCUT2D eigenvalue weighted by molar-refractivity contribution is 6.35. The molecule has 8 heteroatoms. The summed E-state index contributed by atoms with van der Waals surface area (Å²) >= 11 is 11.9. The lowest BCUT2D eigenvalue weighted by Gasteiger charge is -2.19. The van der Waals surface area contributed by atoms with Crippen molar-refractivity contribution in [1.29, 1.82) is 0 Å². The molecule has 0 aliphatic rings. The fourth-order valence-corrected chi connectivity index (χ4v) is 3.21. The van der Waals surface area contributed by atoms with E-state index in [-0.39, 0.29) is 19.3 Å². The van der Waals surface area contributed by atoms with E-state index in [0.29, 0.717) is 34.6 Å². The van der Waals surface area contributed by atoms with E-state index in [4.69, 9.17) is 42.1 Å². The summed E-state index contributed by atoms with van der Waals surface area (Å²) in [6, 6.07) is 12.1. The number of esters is 1. The van der Waals surface area contributed by atoms with Gasteiger partial charge in [-0.1, -0.05) is 35.3 Å². The molecule has 0 radical (unpaired) electrons. The molecule has 0 fully saturated rings. The lowest BCUT2D eigenvalue weighted by Crippen LogP contribution is -2.31. The Morgan fingerprint density at radius 1 is 1.06 bits per heavy atom. The van der Waals surface area contributed by atoms with Crippen LogP contribution in [0.25, 0.3) is 0 Å². The Morgan fingerprint density at radius 2 is 1.81 bits per heavy atom. The molecule has 0 bridgehead atoms. The van der Waals surface area contributed by atoms with E-state index in [0.717, 1.165) is 5.56 Å². The Hall–Kier alpha value is -1.99. The standard InChI is InChI=1S/C23H28Cl2O6/c1-4-28-23(27)22(31-15(2)3)11-16-6-5-7-19(10-16)29-13-18(26)14-30-21-9-8-17(24)12-20(21)25/h5-10,12,15,18,22,26H,4,11,13-14H2,1-3H3/t18-,22-/m0/s1. The van der Waals surface area contributed by atoms with Gasteiger partial charge in [-0.05, 0) is 56.7 Å². The van der Waals surface area contributed by atoms with Gasteiger partial charge in [0.1, 0.15) is 30.8 Å². The number of aliphatic hydroxyl groups is 1. The first-order valence-corrected chi connectivity index (χ1v) is 10.8. The molecule has 31 heavy (non-hydrogen) atoms. The number of halogens is 2. The predicted octanol–water partition coefficient (Wildman–Crippen LogP) is 4.71. The molecule has 0 unspecified atom stereocenters. The fraction of sp³-hybridized carbons (Fsp3) is 0.435. The molecule has 0 amide bonds. The zero-order chi connectivity index (χ0) is 22.8. The highest BCUT2D eigenvalue weighted by Crippen LogP contribution is 2.27. The van der Waals surface area contributed by atoms with Gasteiger partial charge in [-0.2, -0.15) is 0 Å². The maximum Gasteiger partial charge on any atom is 0.335 e. The Morgan fingerprint density at radius 3 is 2.48 bits per heavy atom. The van der Waals surface area contributed by atoms with Crippen LogP contribution in [0.15, 0.2) is 42.5 Å². The molecular formula is C23H28Cl2O6. The van der Waals surface area contributed by atoms with Gasteiger partial charge in [-0.15, -0.1) is 0 Å². The van der Waals surface area contributed by atoms with Gasteiger partial charge in [-0.3, -0.25) is 0 Å². The molecule has 0 aliphatic carbocycles. The SMILES string of the molecule is CCOC(=O)[C@H](Cc1cccc(OC[C@H](O)COc2ccc(Cl)cc2Cl)c1)OC(C)C. The minimum atomic E-state index is -0.869. The summed E-state index contributed by atoms with van der Waals surface area (Å²) in [6.45, 7) is 5.82. The number of carbonyl (C=O) groups excluding carboxylic acids is 1. The van der Waals surface area contributed by atoms with Crippen LogP contribution in [0.2, 0.25) is 10.0 Å². The largest absolute Gasteiger partial charge is 0.491 e. The van der Waals surface area contributed by atoms with Crippen LogP contribution in [0.3, 0.4) is 0 Å². The molecule has 2 aromatic carbocycles. The number of aliphatic hydroxyl groups excluding tert-OH is 1. The van der Waals surface area contributed by atoms with Crippen molar-refractivity contribution in [3.05, 3.63) is 58.1 Å². The number of benzene rings is 2. The molecule has 0 saturated carbocycles. The van der Waals surface area contributed by atoms with E-state index in [1.165, 1.54) is 0 Å². The number of carbonyl (C=O) groups is 1. The van der Waals surface area contributed by atoms with E-state index in [9.17, 15) is 9.90 Å². The topological polar surface area (TPSA) is 74.2 Å². The number of hydrogen-bond acceptors (Lipinski definition) is 6. The summed E-state index contributed by atoms with van der Waals surface area (Å²) in [5.41, 5.74) is 0.856. The number of ether oxygens (including phenoxy) is 4. The minimum absolute atomic E-state index is 0.00814. The first kappa shape index (κ1) is 25.3. The highest BCUT2D eigenvalue weighted by Gasteiger charge is 2.22. The summed E-state index contributed by atoms with van der Waals surface area (Å²) in [5.74, 6) is 0.603. The minimum Gasteiger partial charge on any atom is -0.491 e. The van der Waals surface area contributed by atoms with Crippen molar-refractivity contribution >= 4 is 29.2 Å². The van der Waals surface area contributed by atoms with Crippen LogP contribution in [-0.2, 0) is 20.7 Å². The smallest absolute Gasteiger partial charge is 0.335 e. The van der Waals surface area contributed by atoms with Crippen LogP contribution < -0.4 is 9.47 Å². The second-order valence-corrected chi connectivity index (χ2v) is 7.97. The summed E-state index contributed by atoms with van der Waals surface area (Å²) in [5, 5.41) is 11.0. The average molecular weight is 471 g/mol. The van der Waals surface area contributed by atoms with Crippen molar-refractivity contribution in [2.24, 2.45) is 0 Å². The molecule has 2 atom stereocenters. The van der Waals surface area contributed by atoms with E-state index in [1.54, 1.807) is 37.3 Å². The number of rotatable bonds is 12. The quantitative estimate of drug-likeness (QED) is 0.452. The Kier molecular flexibility index (Phi) is 10.4. The second-order valence-electron chi connectivity index (χ2n) is 7.13. The molecular weight excluding hydrogens is 443 g/mol. The zero-order valence-corrected chi connectivity index (χ0v) is 19.4. The number of hydrogen-bond donors (Lipinski definition) is 1. The van der Waals surface area contributed by atoms with Gasteiger partial charge in [0.05, 0.1) is 17.7 Å². The fourth-order valence-electron chi connectivity index (χ4n) is 2.75. The van der Waals surface area contributed by atoms with Gasteiger partial charge >= 0.3 is 5.97 Å². The van der Waals surface area contributed by atoms with E-state index < -0.39 is 18.2 Å². The van der Waals surface area contributed by atoms with Crippen LogP contribution in [0.1, 0.15) is 26.3 Å². The average Bonchev–Trinajstić information content (AvgIpc) is 2.71. The molecule has 2 rings (SSSR count). The lowest BCUT2D eigenvalue weighted by atomic mass is 10.1. The predicted molar refractivity (Wildman–Crippen MR) is 120 cm³/mol. The summed E-state index contributed by atoms with van der Waals surface area (Å²) in [4.78, 5) is 12.2. The van der Waals surface area contributed by atoms with Crippen molar-refractivity contribution in [2.75, 3.05) is 19.8 Å². The Bertz CT molecular complexity index is 843. The van der Waals surface area contributed by atoms with Crippen LogP contribution >= 0.6 is 23.2 Å². The van der Waals surface area contributed by atoms with Crippen LogP contribution in [0.5, 0.6) is 11.5 Å². The molecule has 2 aromatic rings. The first-order valence-electron chi connectivity index (χ1n) is 10.1. The zero-order valence-electron chi connectivity index (χ0n) is 17.8. The van der Waals surface area contributed by atoms with Gasteiger partial charge in [-0.25, -0.2) is 4.79 Å². The maximum atomic E-state index is 12.2. The third-order valence-corrected chi connectivity index (χ3v) is 4.60. The van der Waals surface area contributed by atoms with Crippen molar-refractivity contribution in [2.45, 2.75) is 45.5 Å². The van der Waals surface area contributed by atoms with Crippen molar-refractivity contribution in [3.63, 3.8) is 0 Å². The molecule has 0 aromatic heterocycles. The molecule has 0 saturated heterocycles. The van der Waals surface area contributed by atoms with Gasteiger partial charge in [0.2, 0.25) is 0 Å². The second kappa shape index (κ2) is 12.8. The van der Waals surface area contributed by atoms with Crippen molar-refractivity contribution < 1.29 is 28.8 Å². The molecule has 170 valence electrons. The third-order valence-electron chi connectivity index (χ3n) is 4.07. The van der Waals surface area contributed by atoms with Gasteiger partial charge in [0.15, 0.2) is 6.10 Å². The third kappa shape index (κ3) is 8.95.